The van der Waals surface area contributed by atoms with Gasteiger partial charge in [0.2, 0.25) is 0 Å². The van der Waals surface area contributed by atoms with Crippen molar-refractivity contribution >= 4 is 0 Å². The molecule has 0 amide bonds. The van der Waals surface area contributed by atoms with E-state index < -0.39 is 0 Å². The number of aromatic nitrogens is 4. The molecule has 0 bridgehead atoms. The molecule has 90 valence electrons. The Morgan fingerprint density at radius 1 is 1.18 bits per heavy atom. The number of hydrogen-bond acceptors (Lipinski definition) is 3. The summed E-state index contributed by atoms with van der Waals surface area (Å²) in [5.41, 5.74) is 3.72. The molecule has 2 heterocycles. The molecule has 0 aliphatic carbocycles. The number of unbranched alkanes of at least 4 members (excludes halogenated alkanes) is 1. The topological polar surface area (TPSA) is 54.5 Å². The molecule has 2 aromatic heterocycles. The van der Waals surface area contributed by atoms with Crippen molar-refractivity contribution in [1.82, 2.24) is 19.9 Å². The van der Waals surface area contributed by atoms with Gasteiger partial charge in [-0.25, -0.2) is 9.97 Å². The van der Waals surface area contributed by atoms with Crippen LogP contribution in [0.4, 0.5) is 0 Å². The van der Waals surface area contributed by atoms with Gasteiger partial charge in [-0.2, -0.15) is 0 Å². The number of aromatic amines is 1. The lowest BCUT2D eigenvalue weighted by molar-refractivity contribution is 0.762. The van der Waals surface area contributed by atoms with E-state index in [2.05, 4.69) is 26.9 Å². The minimum Gasteiger partial charge on any atom is -0.341 e. The fourth-order valence-corrected chi connectivity index (χ4v) is 1.75. The lowest BCUT2D eigenvalue weighted by Gasteiger charge is -2.02. The number of hydrogen-bond donors (Lipinski definition) is 1. The Bertz CT molecular complexity index is 502. The van der Waals surface area contributed by atoms with Gasteiger partial charge in [-0.05, 0) is 20.3 Å². The van der Waals surface area contributed by atoms with E-state index in [1.54, 1.807) is 6.20 Å². The van der Waals surface area contributed by atoms with Crippen LogP contribution in [-0.2, 0) is 6.42 Å². The summed E-state index contributed by atoms with van der Waals surface area (Å²) >= 11 is 0. The highest BCUT2D eigenvalue weighted by molar-refractivity contribution is 5.56. The monoisotopic (exact) mass is 230 g/mol. The van der Waals surface area contributed by atoms with Crippen LogP contribution >= 0.6 is 0 Å². The number of imidazole rings is 1. The highest BCUT2D eigenvalue weighted by Gasteiger charge is 2.08. The molecule has 0 saturated heterocycles. The number of nitrogens with zero attached hydrogens (tertiary/aromatic N) is 3. The van der Waals surface area contributed by atoms with Gasteiger partial charge in [-0.3, -0.25) is 4.98 Å². The Balaban J connectivity index is 2.27. The highest BCUT2D eigenvalue weighted by atomic mass is 14.9. The Morgan fingerprint density at radius 2 is 2.00 bits per heavy atom. The van der Waals surface area contributed by atoms with Gasteiger partial charge in [0.05, 0.1) is 23.3 Å². The number of aryl methyl sites for hydroxylation is 3. The lowest BCUT2D eigenvalue weighted by atomic mass is 10.2. The standard InChI is InChI=1S/C13H18N4/c1-4-5-6-12-15-8-11(17-12)13-10(3)14-7-9(2)16-13/h7-8H,4-6H2,1-3H3,(H,15,17). The zero-order valence-electron chi connectivity index (χ0n) is 10.6. The first-order valence-electron chi connectivity index (χ1n) is 6.05. The van der Waals surface area contributed by atoms with E-state index >= 15 is 0 Å². The second kappa shape index (κ2) is 5.08. The van der Waals surface area contributed by atoms with E-state index in [1.807, 2.05) is 20.0 Å². The van der Waals surface area contributed by atoms with E-state index in [9.17, 15) is 0 Å². The fourth-order valence-electron chi connectivity index (χ4n) is 1.75. The van der Waals surface area contributed by atoms with Crippen molar-refractivity contribution in [2.45, 2.75) is 40.0 Å². The van der Waals surface area contributed by atoms with Gasteiger partial charge >= 0.3 is 0 Å². The van der Waals surface area contributed by atoms with Crippen molar-refractivity contribution in [1.29, 1.82) is 0 Å². The molecule has 0 saturated carbocycles. The zero-order valence-corrected chi connectivity index (χ0v) is 10.6. The summed E-state index contributed by atoms with van der Waals surface area (Å²) in [5.74, 6) is 1.03. The first-order chi connectivity index (χ1) is 8.20. The summed E-state index contributed by atoms with van der Waals surface area (Å²) in [6, 6.07) is 0. The molecule has 0 spiro atoms. The van der Waals surface area contributed by atoms with Crippen molar-refractivity contribution < 1.29 is 0 Å². The van der Waals surface area contributed by atoms with E-state index in [0.29, 0.717) is 0 Å². The minimum atomic E-state index is 0.903. The summed E-state index contributed by atoms with van der Waals surface area (Å²) in [6.45, 7) is 6.10. The Labute approximate surface area is 102 Å². The van der Waals surface area contributed by atoms with Gasteiger partial charge in [0.25, 0.3) is 0 Å². The van der Waals surface area contributed by atoms with Crippen LogP contribution in [0.2, 0.25) is 0 Å². The van der Waals surface area contributed by atoms with Crippen LogP contribution in [0, 0.1) is 13.8 Å². The third-order valence-electron chi connectivity index (χ3n) is 2.73. The zero-order chi connectivity index (χ0) is 12.3. The molecular formula is C13H18N4. The molecule has 0 unspecified atom stereocenters. The molecule has 0 atom stereocenters. The molecule has 1 N–H and O–H groups in total. The van der Waals surface area contributed by atoms with Crippen molar-refractivity contribution in [3.05, 3.63) is 29.6 Å². The van der Waals surface area contributed by atoms with Crippen LogP contribution in [0.1, 0.15) is 37.0 Å². The first kappa shape index (κ1) is 11.8. The second-order valence-electron chi connectivity index (χ2n) is 4.29. The van der Waals surface area contributed by atoms with Crippen LogP contribution in [0.3, 0.4) is 0 Å². The second-order valence-corrected chi connectivity index (χ2v) is 4.29. The van der Waals surface area contributed by atoms with Crippen molar-refractivity contribution in [2.75, 3.05) is 0 Å². The van der Waals surface area contributed by atoms with Gasteiger partial charge < -0.3 is 4.98 Å². The number of rotatable bonds is 4. The van der Waals surface area contributed by atoms with Crippen molar-refractivity contribution in [2.24, 2.45) is 0 Å². The number of H-pyrrole nitrogens is 1. The van der Waals surface area contributed by atoms with Gasteiger partial charge in [0.15, 0.2) is 0 Å². The Kier molecular flexibility index (Phi) is 3.52. The first-order valence-corrected chi connectivity index (χ1v) is 6.05. The van der Waals surface area contributed by atoms with Crippen LogP contribution < -0.4 is 0 Å². The summed E-state index contributed by atoms with van der Waals surface area (Å²) in [5, 5.41) is 0. The quantitative estimate of drug-likeness (QED) is 0.878. The Morgan fingerprint density at radius 3 is 2.76 bits per heavy atom. The third-order valence-corrected chi connectivity index (χ3v) is 2.73. The number of nitrogens with one attached hydrogen (secondary N) is 1. The molecule has 0 radical (unpaired) electrons. The molecule has 0 aromatic carbocycles. The van der Waals surface area contributed by atoms with Gasteiger partial charge in [0, 0.05) is 12.6 Å². The van der Waals surface area contributed by atoms with E-state index in [0.717, 1.165) is 41.4 Å². The molecule has 0 aliphatic rings. The maximum atomic E-state index is 4.50. The largest absolute Gasteiger partial charge is 0.341 e. The molecular weight excluding hydrogens is 212 g/mol. The average Bonchev–Trinajstić information content (AvgIpc) is 2.78. The van der Waals surface area contributed by atoms with Gasteiger partial charge in [-0.15, -0.1) is 0 Å². The van der Waals surface area contributed by atoms with E-state index in [-0.39, 0.29) is 0 Å². The van der Waals surface area contributed by atoms with Crippen LogP contribution in [0.25, 0.3) is 11.4 Å². The molecule has 0 aliphatic heterocycles. The molecule has 0 fully saturated rings. The molecule has 2 aromatic rings. The SMILES string of the molecule is CCCCc1ncc(-c2nc(C)cnc2C)[nH]1. The highest BCUT2D eigenvalue weighted by Crippen LogP contribution is 2.18. The van der Waals surface area contributed by atoms with Crippen LogP contribution in [0.15, 0.2) is 12.4 Å². The minimum absolute atomic E-state index is 0.903. The van der Waals surface area contributed by atoms with Crippen molar-refractivity contribution in [3.63, 3.8) is 0 Å². The molecule has 17 heavy (non-hydrogen) atoms. The maximum Gasteiger partial charge on any atom is 0.110 e. The molecule has 4 nitrogen and oxygen atoms in total. The van der Waals surface area contributed by atoms with E-state index in [1.165, 1.54) is 6.42 Å². The van der Waals surface area contributed by atoms with Gasteiger partial charge in [0.1, 0.15) is 11.5 Å². The smallest absolute Gasteiger partial charge is 0.110 e. The van der Waals surface area contributed by atoms with Crippen LogP contribution in [0.5, 0.6) is 0 Å². The summed E-state index contributed by atoms with van der Waals surface area (Å²) < 4.78 is 0. The maximum absolute atomic E-state index is 4.50. The fraction of sp³-hybridized carbons (Fsp3) is 0.462. The van der Waals surface area contributed by atoms with E-state index in [4.69, 9.17) is 0 Å². The van der Waals surface area contributed by atoms with Gasteiger partial charge in [-0.1, -0.05) is 13.3 Å². The summed E-state index contributed by atoms with van der Waals surface area (Å²) in [6.07, 6.45) is 6.97. The third kappa shape index (κ3) is 2.70. The molecule has 2 rings (SSSR count). The molecule has 4 heteroatoms. The van der Waals surface area contributed by atoms with Crippen molar-refractivity contribution in [3.8, 4) is 11.4 Å². The lowest BCUT2D eigenvalue weighted by Crippen LogP contribution is -1.95. The summed E-state index contributed by atoms with van der Waals surface area (Å²) in [4.78, 5) is 16.5. The Hall–Kier alpha value is -1.71. The average molecular weight is 230 g/mol. The normalized spacial score (nSPS) is 10.8. The predicted molar refractivity (Wildman–Crippen MR) is 67.7 cm³/mol. The summed E-state index contributed by atoms with van der Waals surface area (Å²) in [7, 11) is 0. The van der Waals surface area contributed by atoms with Crippen LogP contribution in [-0.4, -0.2) is 19.9 Å². The predicted octanol–water partition coefficient (Wildman–Crippen LogP) is 2.83.